The minimum absolute atomic E-state index is 0.0110. The first-order chi connectivity index (χ1) is 17.3. The van der Waals surface area contributed by atoms with E-state index in [1.54, 1.807) is 48.5 Å². The zero-order chi connectivity index (χ0) is 25.8. The van der Waals surface area contributed by atoms with Crippen molar-refractivity contribution in [3.05, 3.63) is 69.7 Å². The average Bonchev–Trinajstić information content (AvgIpc) is 3.52. The molecule has 0 radical (unpaired) electrons. The van der Waals surface area contributed by atoms with Crippen molar-refractivity contribution in [1.82, 2.24) is 9.69 Å². The minimum Gasteiger partial charge on any atom is -0.495 e. The van der Waals surface area contributed by atoms with Crippen molar-refractivity contribution in [2.24, 2.45) is 5.73 Å². The van der Waals surface area contributed by atoms with Crippen LogP contribution < -0.4 is 26.4 Å². The number of rotatable bonds is 8. The van der Waals surface area contributed by atoms with E-state index in [-0.39, 0.29) is 28.2 Å². The number of halogens is 1. The van der Waals surface area contributed by atoms with Gasteiger partial charge in [-0.1, -0.05) is 48.7 Å². The van der Waals surface area contributed by atoms with E-state index in [0.717, 1.165) is 37.2 Å². The SMILES string of the molecule is COc1ccccc1N(C(=O)c1snc(C(N)=O)c1N)[C@H](C(=O)NC1CCCC1)c1ccc(Cl)cc1. The molecule has 1 atom stereocenters. The number of nitrogen functional groups attached to an aromatic ring is 1. The summed E-state index contributed by atoms with van der Waals surface area (Å²) in [7, 11) is 1.48. The molecule has 11 heteroatoms. The van der Waals surface area contributed by atoms with Gasteiger partial charge in [0.05, 0.1) is 18.5 Å². The maximum absolute atomic E-state index is 14.1. The van der Waals surface area contributed by atoms with E-state index in [4.69, 9.17) is 27.8 Å². The van der Waals surface area contributed by atoms with Gasteiger partial charge in [0.25, 0.3) is 11.8 Å². The topological polar surface area (TPSA) is 141 Å². The molecule has 9 nitrogen and oxygen atoms in total. The summed E-state index contributed by atoms with van der Waals surface area (Å²) in [4.78, 5) is 41.0. The van der Waals surface area contributed by atoms with E-state index >= 15 is 0 Å². The average molecular weight is 528 g/mol. The number of para-hydroxylation sites is 2. The van der Waals surface area contributed by atoms with Crippen molar-refractivity contribution in [1.29, 1.82) is 0 Å². The van der Waals surface area contributed by atoms with Crippen LogP contribution in [0.3, 0.4) is 0 Å². The molecule has 3 amide bonds. The molecule has 1 saturated carbocycles. The number of primary amides is 1. The van der Waals surface area contributed by atoms with Crippen LogP contribution in [0.1, 0.15) is 57.4 Å². The van der Waals surface area contributed by atoms with Crippen molar-refractivity contribution in [2.45, 2.75) is 37.8 Å². The standard InChI is InChI=1S/C25H26ClN5O4S/c1-35-18-9-5-4-8-17(18)31(25(34)22-19(27)20(23(28)32)30-36-22)21(14-10-12-15(26)13-11-14)24(33)29-16-6-2-3-7-16/h4-5,8-13,16,21H,2-3,6-7,27H2,1H3,(H2,28,32)(H,29,33)/t21-/m0/s1. The Labute approximate surface area is 217 Å². The van der Waals surface area contributed by atoms with Gasteiger partial charge in [0.2, 0.25) is 5.91 Å². The first kappa shape index (κ1) is 25.5. The van der Waals surface area contributed by atoms with Crippen LogP contribution in [-0.2, 0) is 4.79 Å². The van der Waals surface area contributed by atoms with Crippen molar-refractivity contribution in [3.63, 3.8) is 0 Å². The monoisotopic (exact) mass is 527 g/mol. The fourth-order valence-corrected chi connectivity index (χ4v) is 5.21. The lowest BCUT2D eigenvalue weighted by atomic mass is 10.0. The lowest BCUT2D eigenvalue weighted by molar-refractivity contribution is -0.123. The molecular weight excluding hydrogens is 502 g/mol. The Hall–Kier alpha value is -3.63. The van der Waals surface area contributed by atoms with Crippen LogP contribution in [0, 0.1) is 0 Å². The number of benzene rings is 2. The normalized spacial score (nSPS) is 14.3. The number of nitrogens with two attached hydrogens (primary N) is 2. The third-order valence-corrected chi connectivity index (χ3v) is 7.22. The predicted molar refractivity (Wildman–Crippen MR) is 139 cm³/mol. The van der Waals surface area contributed by atoms with E-state index in [2.05, 4.69) is 9.69 Å². The second kappa shape index (κ2) is 11.0. The van der Waals surface area contributed by atoms with Crippen LogP contribution in [0.15, 0.2) is 48.5 Å². The molecule has 5 N–H and O–H groups in total. The first-order valence-corrected chi connectivity index (χ1v) is 12.5. The van der Waals surface area contributed by atoms with Gasteiger partial charge in [-0.15, -0.1) is 0 Å². The highest BCUT2D eigenvalue weighted by Crippen LogP contribution is 2.38. The Morgan fingerprint density at radius 1 is 1.14 bits per heavy atom. The number of hydrogen-bond donors (Lipinski definition) is 3. The molecule has 0 unspecified atom stereocenters. The number of carbonyl (C=O) groups is 3. The van der Waals surface area contributed by atoms with Crippen LogP contribution in [-0.4, -0.2) is 35.2 Å². The highest BCUT2D eigenvalue weighted by atomic mass is 35.5. The number of nitrogens with zero attached hydrogens (tertiary/aromatic N) is 2. The van der Waals surface area contributed by atoms with Crippen LogP contribution in [0.4, 0.5) is 11.4 Å². The Bertz CT molecular complexity index is 1270. The molecule has 0 aliphatic heterocycles. The second-order valence-corrected chi connectivity index (χ2v) is 9.64. The number of amides is 3. The van der Waals surface area contributed by atoms with Crippen molar-refractivity contribution in [3.8, 4) is 5.75 Å². The third kappa shape index (κ3) is 5.14. The summed E-state index contributed by atoms with van der Waals surface area (Å²) in [5.74, 6) is -1.46. The van der Waals surface area contributed by atoms with Gasteiger partial charge in [0.15, 0.2) is 5.69 Å². The number of nitrogens with one attached hydrogen (secondary N) is 1. The number of carbonyl (C=O) groups excluding carboxylic acids is 3. The molecule has 188 valence electrons. The molecule has 1 aliphatic carbocycles. The highest BCUT2D eigenvalue weighted by molar-refractivity contribution is 7.09. The van der Waals surface area contributed by atoms with Crippen LogP contribution >= 0.6 is 23.1 Å². The van der Waals surface area contributed by atoms with E-state index < -0.39 is 17.9 Å². The molecule has 1 aromatic heterocycles. The summed E-state index contributed by atoms with van der Waals surface area (Å²) in [5.41, 5.74) is 12.0. The zero-order valence-electron chi connectivity index (χ0n) is 19.6. The minimum atomic E-state index is -1.09. The molecule has 1 fully saturated rings. The fraction of sp³-hybridized carbons (Fsp3) is 0.280. The Morgan fingerprint density at radius 3 is 2.42 bits per heavy atom. The largest absolute Gasteiger partial charge is 0.495 e. The summed E-state index contributed by atoms with van der Waals surface area (Å²) in [6, 6.07) is 12.5. The van der Waals surface area contributed by atoms with E-state index in [0.29, 0.717) is 22.0 Å². The van der Waals surface area contributed by atoms with Gasteiger partial charge >= 0.3 is 0 Å². The number of hydrogen-bond acceptors (Lipinski definition) is 7. The third-order valence-electron chi connectivity index (χ3n) is 6.11. The van der Waals surface area contributed by atoms with Crippen molar-refractivity contribution in [2.75, 3.05) is 17.7 Å². The summed E-state index contributed by atoms with van der Waals surface area (Å²) in [6.07, 6.45) is 3.79. The summed E-state index contributed by atoms with van der Waals surface area (Å²) in [5, 5.41) is 3.59. The molecule has 0 saturated heterocycles. The maximum atomic E-state index is 14.1. The lowest BCUT2D eigenvalue weighted by Gasteiger charge is -2.33. The molecule has 0 bridgehead atoms. The number of ether oxygens (including phenoxy) is 1. The van der Waals surface area contributed by atoms with Gasteiger partial charge < -0.3 is 21.5 Å². The van der Waals surface area contributed by atoms with Gasteiger partial charge in [-0.2, -0.15) is 4.37 Å². The summed E-state index contributed by atoms with van der Waals surface area (Å²) in [6.45, 7) is 0. The fourth-order valence-electron chi connectivity index (χ4n) is 4.35. The predicted octanol–water partition coefficient (Wildman–Crippen LogP) is 3.93. The Morgan fingerprint density at radius 2 is 1.81 bits per heavy atom. The zero-order valence-corrected chi connectivity index (χ0v) is 21.1. The molecule has 1 heterocycles. The van der Waals surface area contributed by atoms with E-state index in [1.165, 1.54) is 12.0 Å². The molecule has 1 aliphatic rings. The molecular formula is C25H26ClN5O4S. The van der Waals surface area contributed by atoms with Crippen molar-refractivity contribution < 1.29 is 19.1 Å². The summed E-state index contributed by atoms with van der Waals surface area (Å²) >= 11 is 6.87. The van der Waals surface area contributed by atoms with E-state index in [1.807, 2.05) is 0 Å². The van der Waals surface area contributed by atoms with Gasteiger partial charge in [0, 0.05) is 11.1 Å². The van der Waals surface area contributed by atoms with Crippen LogP contribution in [0.5, 0.6) is 5.75 Å². The maximum Gasteiger partial charge on any atom is 0.273 e. The molecule has 0 spiro atoms. The smallest absolute Gasteiger partial charge is 0.273 e. The van der Waals surface area contributed by atoms with Gasteiger partial charge in [0.1, 0.15) is 16.7 Å². The first-order valence-electron chi connectivity index (χ1n) is 11.4. The molecule has 36 heavy (non-hydrogen) atoms. The number of anilines is 2. The van der Waals surface area contributed by atoms with Gasteiger partial charge in [-0.05, 0) is 54.2 Å². The van der Waals surface area contributed by atoms with E-state index in [9.17, 15) is 14.4 Å². The molecule has 4 rings (SSSR count). The lowest BCUT2D eigenvalue weighted by Crippen LogP contribution is -2.46. The van der Waals surface area contributed by atoms with Gasteiger partial charge in [-0.3, -0.25) is 19.3 Å². The summed E-state index contributed by atoms with van der Waals surface area (Å²) < 4.78 is 9.51. The molecule has 3 aromatic rings. The quantitative estimate of drug-likeness (QED) is 0.405. The molecule has 2 aromatic carbocycles. The number of aromatic nitrogens is 1. The van der Waals surface area contributed by atoms with Crippen LogP contribution in [0.2, 0.25) is 5.02 Å². The van der Waals surface area contributed by atoms with Crippen molar-refractivity contribution >= 4 is 52.2 Å². The van der Waals surface area contributed by atoms with Crippen LogP contribution in [0.25, 0.3) is 0 Å². The Kier molecular flexibility index (Phi) is 7.76. The highest BCUT2D eigenvalue weighted by Gasteiger charge is 2.38. The Balaban J connectivity index is 1.88. The second-order valence-electron chi connectivity index (χ2n) is 8.43. The van der Waals surface area contributed by atoms with Gasteiger partial charge in [-0.25, -0.2) is 0 Å². The number of methoxy groups -OCH3 is 1.